The molecular formula is C16H11N5O3S2. The molecule has 0 aromatic carbocycles. The van der Waals surface area contributed by atoms with Gasteiger partial charge in [0.15, 0.2) is 5.76 Å². The number of anilines is 1. The van der Waals surface area contributed by atoms with Crippen molar-refractivity contribution in [3.63, 3.8) is 0 Å². The summed E-state index contributed by atoms with van der Waals surface area (Å²) in [4.78, 5) is 36.4. The lowest BCUT2D eigenvalue weighted by Gasteiger charge is -2.20. The molecular weight excluding hydrogens is 374 g/mol. The lowest BCUT2D eigenvalue weighted by atomic mass is 10.0. The van der Waals surface area contributed by atoms with Gasteiger partial charge in [0, 0.05) is 22.1 Å². The van der Waals surface area contributed by atoms with Crippen molar-refractivity contribution in [3.05, 3.63) is 57.3 Å². The number of carbonyl (C=O) groups excluding carboxylic acids is 2. The number of hydrogen-bond donors (Lipinski definition) is 1. The normalized spacial score (nSPS) is 19.3. The van der Waals surface area contributed by atoms with Crippen LogP contribution in [-0.4, -0.2) is 37.0 Å². The van der Waals surface area contributed by atoms with Gasteiger partial charge >= 0.3 is 5.91 Å². The molecule has 1 N–H and O–H groups in total. The van der Waals surface area contributed by atoms with E-state index in [1.807, 2.05) is 19.1 Å². The van der Waals surface area contributed by atoms with Crippen molar-refractivity contribution in [1.29, 1.82) is 0 Å². The SMILES string of the molecule is Cc1ccc(C2/C(=C(\O)c3cnccn3)C(=O)C(=O)N2c2nncs2)s1. The maximum absolute atomic E-state index is 12.7. The smallest absolute Gasteiger partial charge is 0.301 e. The van der Waals surface area contributed by atoms with Gasteiger partial charge in [0.2, 0.25) is 5.13 Å². The Balaban J connectivity index is 1.94. The van der Waals surface area contributed by atoms with Crippen molar-refractivity contribution in [2.45, 2.75) is 13.0 Å². The molecule has 3 aromatic rings. The molecule has 1 saturated heterocycles. The van der Waals surface area contributed by atoms with Gasteiger partial charge in [0.05, 0.1) is 11.8 Å². The third-order valence-electron chi connectivity index (χ3n) is 3.84. The van der Waals surface area contributed by atoms with Gasteiger partial charge < -0.3 is 5.11 Å². The third kappa shape index (κ3) is 2.59. The zero-order valence-corrected chi connectivity index (χ0v) is 15.0. The van der Waals surface area contributed by atoms with Crippen molar-refractivity contribution in [2.24, 2.45) is 0 Å². The Kier molecular flexibility index (Phi) is 4.05. The van der Waals surface area contributed by atoms with Gasteiger partial charge in [-0.3, -0.25) is 19.5 Å². The first-order valence-electron chi connectivity index (χ1n) is 7.48. The average Bonchev–Trinajstić information content (AvgIpc) is 3.37. The van der Waals surface area contributed by atoms with Gasteiger partial charge in [0.1, 0.15) is 17.2 Å². The second kappa shape index (κ2) is 6.39. The maximum Gasteiger partial charge on any atom is 0.301 e. The molecule has 4 heterocycles. The van der Waals surface area contributed by atoms with Gasteiger partial charge in [-0.15, -0.1) is 21.5 Å². The van der Waals surface area contributed by atoms with Crippen molar-refractivity contribution in [1.82, 2.24) is 20.2 Å². The number of aliphatic hydroxyl groups is 1. The predicted octanol–water partition coefficient (Wildman–Crippen LogP) is 2.32. The summed E-state index contributed by atoms with van der Waals surface area (Å²) in [7, 11) is 0. The number of ketones is 1. The maximum atomic E-state index is 12.7. The van der Waals surface area contributed by atoms with Crippen LogP contribution >= 0.6 is 22.7 Å². The van der Waals surface area contributed by atoms with Crippen LogP contribution in [0.3, 0.4) is 0 Å². The summed E-state index contributed by atoms with van der Waals surface area (Å²) in [5.41, 5.74) is 1.57. The molecule has 1 aliphatic rings. The number of aryl methyl sites for hydroxylation is 1. The van der Waals surface area contributed by atoms with Crippen LogP contribution in [0.4, 0.5) is 5.13 Å². The fourth-order valence-corrected chi connectivity index (χ4v) is 4.29. The predicted molar refractivity (Wildman–Crippen MR) is 95.8 cm³/mol. The highest BCUT2D eigenvalue weighted by atomic mass is 32.1. The van der Waals surface area contributed by atoms with Gasteiger partial charge in [-0.05, 0) is 19.1 Å². The van der Waals surface area contributed by atoms with Crippen LogP contribution in [0.2, 0.25) is 0 Å². The van der Waals surface area contributed by atoms with Gasteiger partial charge in [-0.25, -0.2) is 4.98 Å². The van der Waals surface area contributed by atoms with E-state index in [0.717, 1.165) is 21.1 Å². The summed E-state index contributed by atoms with van der Waals surface area (Å²) in [6, 6.07) is 2.93. The van der Waals surface area contributed by atoms with E-state index in [4.69, 9.17) is 0 Å². The van der Waals surface area contributed by atoms with E-state index in [1.165, 1.54) is 40.3 Å². The van der Waals surface area contributed by atoms with Gasteiger partial charge in [-0.1, -0.05) is 11.3 Å². The minimum Gasteiger partial charge on any atom is -0.505 e. The van der Waals surface area contributed by atoms with E-state index in [0.29, 0.717) is 5.13 Å². The first-order valence-corrected chi connectivity index (χ1v) is 9.17. The number of thiophene rings is 1. The van der Waals surface area contributed by atoms with Crippen LogP contribution in [0.15, 0.2) is 41.8 Å². The van der Waals surface area contributed by atoms with Crippen LogP contribution in [0.25, 0.3) is 5.76 Å². The van der Waals surface area contributed by atoms with E-state index in [1.54, 1.807) is 0 Å². The Morgan fingerprint density at radius 2 is 2.12 bits per heavy atom. The Morgan fingerprint density at radius 3 is 2.73 bits per heavy atom. The summed E-state index contributed by atoms with van der Waals surface area (Å²) in [6.45, 7) is 1.92. The zero-order valence-electron chi connectivity index (χ0n) is 13.4. The highest BCUT2D eigenvalue weighted by Gasteiger charge is 2.48. The Labute approximate surface area is 155 Å². The number of amides is 1. The van der Waals surface area contributed by atoms with Crippen LogP contribution in [0.1, 0.15) is 21.5 Å². The van der Waals surface area contributed by atoms with Gasteiger partial charge in [-0.2, -0.15) is 0 Å². The van der Waals surface area contributed by atoms with E-state index < -0.39 is 17.7 Å². The molecule has 1 atom stereocenters. The number of carbonyl (C=O) groups is 2. The molecule has 10 heteroatoms. The van der Waals surface area contributed by atoms with Crippen molar-refractivity contribution >= 4 is 45.3 Å². The Morgan fingerprint density at radius 1 is 1.27 bits per heavy atom. The number of Topliss-reactive ketones (excluding diaryl/α,β-unsaturated/α-hetero) is 1. The minimum absolute atomic E-state index is 0.0347. The van der Waals surface area contributed by atoms with Crippen LogP contribution in [0.5, 0.6) is 0 Å². The summed E-state index contributed by atoms with van der Waals surface area (Å²) >= 11 is 2.58. The molecule has 1 aliphatic heterocycles. The van der Waals surface area contributed by atoms with E-state index in [-0.39, 0.29) is 17.0 Å². The number of aliphatic hydroxyl groups excluding tert-OH is 1. The summed E-state index contributed by atoms with van der Waals surface area (Å²) in [5, 5.41) is 18.7. The first-order chi connectivity index (χ1) is 12.6. The second-order valence-electron chi connectivity index (χ2n) is 5.43. The molecule has 130 valence electrons. The van der Waals surface area contributed by atoms with Crippen molar-refractivity contribution in [3.8, 4) is 0 Å². The van der Waals surface area contributed by atoms with Crippen molar-refractivity contribution < 1.29 is 14.7 Å². The molecule has 0 radical (unpaired) electrons. The highest BCUT2D eigenvalue weighted by molar-refractivity contribution is 7.14. The number of nitrogens with zero attached hydrogens (tertiary/aromatic N) is 5. The lowest BCUT2D eigenvalue weighted by molar-refractivity contribution is -0.132. The fourth-order valence-electron chi connectivity index (χ4n) is 2.73. The second-order valence-corrected chi connectivity index (χ2v) is 7.56. The molecule has 1 unspecified atom stereocenters. The van der Waals surface area contributed by atoms with E-state index >= 15 is 0 Å². The van der Waals surface area contributed by atoms with E-state index in [2.05, 4.69) is 20.2 Å². The summed E-state index contributed by atoms with van der Waals surface area (Å²) in [6.07, 6.45) is 4.20. The summed E-state index contributed by atoms with van der Waals surface area (Å²) < 4.78 is 0. The monoisotopic (exact) mass is 385 g/mol. The molecule has 26 heavy (non-hydrogen) atoms. The molecule has 1 fully saturated rings. The first kappa shape index (κ1) is 16.5. The molecule has 3 aromatic heterocycles. The topological polar surface area (TPSA) is 109 Å². The number of rotatable bonds is 3. The lowest BCUT2D eigenvalue weighted by Crippen LogP contribution is -2.29. The molecule has 4 rings (SSSR count). The van der Waals surface area contributed by atoms with E-state index in [9.17, 15) is 14.7 Å². The van der Waals surface area contributed by atoms with Gasteiger partial charge in [0.25, 0.3) is 5.78 Å². The number of aromatic nitrogens is 4. The molecule has 0 spiro atoms. The Bertz CT molecular complexity index is 1010. The molecule has 8 nitrogen and oxygen atoms in total. The molecule has 0 saturated carbocycles. The zero-order chi connectivity index (χ0) is 18.3. The molecule has 0 bridgehead atoms. The quantitative estimate of drug-likeness (QED) is 0.419. The number of hydrogen-bond acceptors (Lipinski definition) is 9. The van der Waals surface area contributed by atoms with Crippen LogP contribution in [0, 0.1) is 6.92 Å². The molecule has 0 aliphatic carbocycles. The van der Waals surface area contributed by atoms with Crippen LogP contribution in [-0.2, 0) is 9.59 Å². The average molecular weight is 385 g/mol. The third-order valence-corrected chi connectivity index (χ3v) is 5.58. The van der Waals surface area contributed by atoms with Crippen molar-refractivity contribution in [2.75, 3.05) is 4.90 Å². The minimum atomic E-state index is -0.792. The molecule has 1 amide bonds. The highest BCUT2D eigenvalue weighted by Crippen LogP contribution is 2.44. The largest absolute Gasteiger partial charge is 0.505 e. The summed E-state index contributed by atoms with van der Waals surface area (Å²) in [5.74, 6) is -1.91. The fraction of sp³-hybridized carbons (Fsp3) is 0.125. The Hall–Kier alpha value is -2.98. The van der Waals surface area contributed by atoms with Crippen LogP contribution < -0.4 is 4.90 Å². The standard InChI is InChI=1S/C16H11N5O3S2/c1-8-2-3-10(26-8)12-11(13(22)9-6-17-4-5-18-9)14(23)15(24)21(12)16-20-19-7-25-16/h2-7,12,22H,1H3/b13-11+.